The molecule has 0 radical (unpaired) electrons. The Bertz CT molecular complexity index is 789. The van der Waals surface area contributed by atoms with Crippen molar-refractivity contribution >= 4 is 22.6 Å². The van der Waals surface area contributed by atoms with E-state index >= 15 is 0 Å². The number of fused-ring (bicyclic) bond motifs is 3. The van der Waals surface area contributed by atoms with Crippen molar-refractivity contribution in [3.05, 3.63) is 66.2 Å². The highest BCUT2D eigenvalue weighted by molar-refractivity contribution is 6.01. The van der Waals surface area contributed by atoms with E-state index < -0.39 is 0 Å². The smallest absolute Gasteiger partial charge is 0.248 e. The Morgan fingerprint density at radius 3 is 2.55 bits per heavy atom. The van der Waals surface area contributed by atoms with Crippen LogP contribution in [0.3, 0.4) is 0 Å². The maximum atomic E-state index is 12.2. The SMILES string of the molecule is O=C1Cn2c(cc3ccccc32)N1Cc1ccccc1. The number of aromatic nitrogens is 1. The number of carbonyl (C=O) groups is 1. The van der Waals surface area contributed by atoms with Gasteiger partial charge in [0.05, 0.1) is 12.1 Å². The molecule has 0 fully saturated rings. The van der Waals surface area contributed by atoms with E-state index in [1.54, 1.807) is 0 Å². The highest BCUT2D eigenvalue weighted by atomic mass is 16.2. The molecule has 0 aliphatic carbocycles. The van der Waals surface area contributed by atoms with Crippen LogP contribution < -0.4 is 4.90 Å². The molecule has 1 aromatic heterocycles. The van der Waals surface area contributed by atoms with Gasteiger partial charge in [-0.1, -0.05) is 48.5 Å². The fourth-order valence-electron chi connectivity index (χ4n) is 2.87. The van der Waals surface area contributed by atoms with E-state index in [9.17, 15) is 4.79 Å². The summed E-state index contributed by atoms with van der Waals surface area (Å²) >= 11 is 0. The van der Waals surface area contributed by atoms with Gasteiger partial charge in [0, 0.05) is 5.39 Å². The molecule has 0 atom stereocenters. The van der Waals surface area contributed by atoms with Crippen LogP contribution in [0.5, 0.6) is 0 Å². The van der Waals surface area contributed by atoms with Crippen molar-refractivity contribution in [3.8, 4) is 0 Å². The largest absolute Gasteiger partial charge is 0.318 e. The molecule has 0 saturated carbocycles. The molecule has 3 heteroatoms. The summed E-state index contributed by atoms with van der Waals surface area (Å²) in [5.41, 5.74) is 2.28. The molecule has 0 N–H and O–H groups in total. The molecule has 98 valence electrons. The van der Waals surface area contributed by atoms with Crippen molar-refractivity contribution in [3.63, 3.8) is 0 Å². The molecule has 20 heavy (non-hydrogen) atoms. The third kappa shape index (κ3) is 1.63. The van der Waals surface area contributed by atoms with Gasteiger partial charge >= 0.3 is 0 Å². The molecular formula is C17H14N2O. The summed E-state index contributed by atoms with van der Waals surface area (Å²) in [7, 11) is 0. The number of benzene rings is 2. The van der Waals surface area contributed by atoms with Gasteiger partial charge in [-0.15, -0.1) is 0 Å². The summed E-state index contributed by atoms with van der Waals surface area (Å²) in [6.45, 7) is 1.08. The van der Waals surface area contributed by atoms with Crippen LogP contribution >= 0.6 is 0 Å². The molecule has 0 spiro atoms. The highest BCUT2D eigenvalue weighted by Crippen LogP contribution is 2.32. The zero-order valence-electron chi connectivity index (χ0n) is 11.0. The minimum Gasteiger partial charge on any atom is -0.318 e. The summed E-state index contributed by atoms with van der Waals surface area (Å²) in [6, 6.07) is 20.4. The van der Waals surface area contributed by atoms with Crippen LogP contribution in [-0.4, -0.2) is 10.5 Å². The van der Waals surface area contributed by atoms with E-state index in [-0.39, 0.29) is 5.91 Å². The Morgan fingerprint density at radius 2 is 1.70 bits per heavy atom. The number of amides is 1. The van der Waals surface area contributed by atoms with Crippen molar-refractivity contribution in [1.82, 2.24) is 4.57 Å². The van der Waals surface area contributed by atoms with E-state index in [0.29, 0.717) is 13.1 Å². The van der Waals surface area contributed by atoms with E-state index in [1.807, 2.05) is 35.2 Å². The van der Waals surface area contributed by atoms with Gasteiger partial charge in [-0.3, -0.25) is 9.69 Å². The van der Waals surface area contributed by atoms with Crippen LogP contribution in [0.2, 0.25) is 0 Å². The van der Waals surface area contributed by atoms with E-state index in [4.69, 9.17) is 0 Å². The average molecular weight is 262 g/mol. The molecule has 0 unspecified atom stereocenters. The van der Waals surface area contributed by atoms with Crippen molar-refractivity contribution in [2.24, 2.45) is 0 Å². The number of rotatable bonds is 2. The third-order valence-electron chi connectivity index (χ3n) is 3.84. The molecule has 3 aromatic rings. The number of hydrogen-bond acceptors (Lipinski definition) is 1. The second-order valence-corrected chi connectivity index (χ2v) is 5.11. The van der Waals surface area contributed by atoms with E-state index in [1.165, 1.54) is 5.39 Å². The number of hydrogen-bond donors (Lipinski definition) is 0. The topological polar surface area (TPSA) is 25.2 Å². The normalized spacial score (nSPS) is 14.0. The van der Waals surface area contributed by atoms with Gasteiger partial charge < -0.3 is 4.57 Å². The Labute approximate surface area is 117 Å². The Morgan fingerprint density at radius 1 is 0.950 bits per heavy atom. The second kappa shape index (κ2) is 4.23. The van der Waals surface area contributed by atoms with Crippen molar-refractivity contribution < 1.29 is 4.79 Å². The van der Waals surface area contributed by atoms with Crippen LogP contribution in [0, 0.1) is 0 Å². The van der Waals surface area contributed by atoms with Gasteiger partial charge in [0.15, 0.2) is 0 Å². The average Bonchev–Trinajstić information content (AvgIpc) is 2.98. The van der Waals surface area contributed by atoms with E-state index in [0.717, 1.165) is 16.9 Å². The zero-order valence-corrected chi connectivity index (χ0v) is 11.0. The van der Waals surface area contributed by atoms with Gasteiger partial charge in [0.2, 0.25) is 5.91 Å². The van der Waals surface area contributed by atoms with Crippen LogP contribution in [0.15, 0.2) is 60.7 Å². The number of para-hydroxylation sites is 1. The molecule has 4 rings (SSSR count). The quantitative estimate of drug-likeness (QED) is 0.696. The van der Waals surface area contributed by atoms with Crippen molar-refractivity contribution in [1.29, 1.82) is 0 Å². The lowest BCUT2D eigenvalue weighted by Crippen LogP contribution is -2.25. The lowest BCUT2D eigenvalue weighted by atomic mass is 10.2. The summed E-state index contributed by atoms with van der Waals surface area (Å²) in [5.74, 6) is 1.16. The lowest BCUT2D eigenvalue weighted by Gasteiger charge is -2.15. The van der Waals surface area contributed by atoms with Crippen molar-refractivity contribution in [2.45, 2.75) is 13.1 Å². The molecule has 1 amide bonds. The number of anilines is 1. The first-order chi connectivity index (χ1) is 9.83. The van der Waals surface area contributed by atoms with Gasteiger partial charge in [-0.2, -0.15) is 0 Å². The first-order valence-corrected chi connectivity index (χ1v) is 6.75. The highest BCUT2D eigenvalue weighted by Gasteiger charge is 2.28. The van der Waals surface area contributed by atoms with E-state index in [2.05, 4.69) is 34.9 Å². The third-order valence-corrected chi connectivity index (χ3v) is 3.84. The Kier molecular flexibility index (Phi) is 2.39. The summed E-state index contributed by atoms with van der Waals surface area (Å²) in [4.78, 5) is 14.1. The Balaban J connectivity index is 1.78. The monoisotopic (exact) mass is 262 g/mol. The first kappa shape index (κ1) is 11.3. The van der Waals surface area contributed by atoms with Gasteiger partial charge in [-0.25, -0.2) is 0 Å². The molecule has 2 heterocycles. The van der Waals surface area contributed by atoms with Gasteiger partial charge in [0.1, 0.15) is 12.4 Å². The zero-order chi connectivity index (χ0) is 13.5. The van der Waals surface area contributed by atoms with Crippen molar-refractivity contribution in [2.75, 3.05) is 4.90 Å². The fourth-order valence-corrected chi connectivity index (χ4v) is 2.87. The minimum atomic E-state index is 0.162. The summed E-state index contributed by atoms with van der Waals surface area (Å²) in [6.07, 6.45) is 0. The summed E-state index contributed by atoms with van der Waals surface area (Å²) in [5, 5.41) is 1.19. The van der Waals surface area contributed by atoms with Crippen LogP contribution in [0.1, 0.15) is 5.56 Å². The molecule has 1 aliphatic rings. The van der Waals surface area contributed by atoms with Crippen LogP contribution in [0.4, 0.5) is 5.82 Å². The number of nitrogens with zero attached hydrogens (tertiary/aromatic N) is 2. The fraction of sp³-hybridized carbons (Fsp3) is 0.118. The maximum Gasteiger partial charge on any atom is 0.248 e. The second-order valence-electron chi connectivity index (χ2n) is 5.11. The van der Waals surface area contributed by atoms with Gasteiger partial charge in [0.25, 0.3) is 0 Å². The first-order valence-electron chi connectivity index (χ1n) is 6.75. The lowest BCUT2D eigenvalue weighted by molar-refractivity contribution is -0.118. The Hall–Kier alpha value is -2.55. The minimum absolute atomic E-state index is 0.162. The number of carbonyl (C=O) groups excluding carboxylic acids is 1. The van der Waals surface area contributed by atoms with Gasteiger partial charge in [-0.05, 0) is 17.7 Å². The molecule has 1 aliphatic heterocycles. The predicted octanol–water partition coefficient (Wildman–Crippen LogP) is 3.19. The predicted molar refractivity (Wildman–Crippen MR) is 79.6 cm³/mol. The molecule has 0 bridgehead atoms. The van der Waals surface area contributed by atoms with Crippen LogP contribution in [-0.2, 0) is 17.9 Å². The molecule has 3 nitrogen and oxygen atoms in total. The molecular weight excluding hydrogens is 248 g/mol. The van der Waals surface area contributed by atoms with Crippen LogP contribution in [0.25, 0.3) is 10.9 Å². The molecule has 0 saturated heterocycles. The summed E-state index contributed by atoms with van der Waals surface area (Å²) < 4.78 is 2.10. The molecule has 2 aromatic carbocycles. The standard InChI is InChI=1S/C17H14N2O/c20-17-12-18-15-9-5-4-8-14(15)10-16(18)19(17)11-13-6-2-1-3-7-13/h1-10H,11-12H2. The maximum absolute atomic E-state index is 12.2.